The van der Waals surface area contributed by atoms with E-state index in [1.807, 2.05) is 6.92 Å². The number of Topliss-reactive ketones (excluding diaryl/α,β-unsaturated/α-hetero) is 1. The minimum Gasteiger partial charge on any atom is -0.416 e. The van der Waals surface area contributed by atoms with Crippen LogP contribution in [-0.2, 0) is 32.3 Å². The van der Waals surface area contributed by atoms with Crippen LogP contribution in [0.1, 0.15) is 143 Å². The van der Waals surface area contributed by atoms with Crippen LogP contribution in [0.25, 0.3) is 0 Å². The third-order valence-corrected chi connectivity index (χ3v) is 23.5. The Kier molecular flexibility index (Phi) is 18.1. The van der Waals surface area contributed by atoms with E-state index >= 15 is 0 Å². The molecule has 9 heteroatoms. The number of methoxy groups -OCH3 is 2. The molecule has 7 nitrogen and oxygen atoms in total. The molecule has 290 valence electrons. The van der Waals surface area contributed by atoms with E-state index in [1.54, 1.807) is 14.2 Å². The molecule has 0 unspecified atom stereocenters. The van der Waals surface area contributed by atoms with Crippen molar-refractivity contribution in [1.82, 2.24) is 0 Å². The molecule has 0 aromatic carbocycles. The maximum atomic E-state index is 13.8. The van der Waals surface area contributed by atoms with Crippen molar-refractivity contribution in [3.63, 3.8) is 0 Å². The van der Waals surface area contributed by atoms with E-state index in [-0.39, 0.29) is 69.9 Å². The van der Waals surface area contributed by atoms with Crippen LogP contribution in [0.5, 0.6) is 0 Å². The van der Waals surface area contributed by atoms with Crippen LogP contribution in [0.15, 0.2) is 0 Å². The Morgan fingerprint density at radius 1 is 0.796 bits per heavy atom. The van der Waals surface area contributed by atoms with Gasteiger partial charge in [0, 0.05) is 61.5 Å². The lowest BCUT2D eigenvalue weighted by Gasteiger charge is -2.59. The molecule has 0 aromatic rings. The Labute approximate surface area is 305 Å². The maximum absolute atomic E-state index is 13.8. The van der Waals surface area contributed by atoms with E-state index in [2.05, 4.69) is 111 Å². The van der Waals surface area contributed by atoms with Gasteiger partial charge in [-0.25, -0.2) is 0 Å². The number of ether oxygens (including phenoxy) is 2. The summed E-state index contributed by atoms with van der Waals surface area (Å²) >= 11 is 0. The minimum absolute atomic E-state index is 0.00407. The quantitative estimate of drug-likeness (QED) is 0.0912. The second-order valence-electron chi connectivity index (χ2n) is 18.6. The van der Waals surface area contributed by atoms with Gasteiger partial charge in [0.15, 0.2) is 8.32 Å². The number of carbonyl (C=O) groups is 2. The van der Waals surface area contributed by atoms with Crippen molar-refractivity contribution in [1.29, 1.82) is 0 Å². The number of aldehydes is 1. The lowest BCUT2D eigenvalue weighted by molar-refractivity contribution is -0.132. The van der Waals surface area contributed by atoms with Crippen molar-refractivity contribution in [2.24, 2.45) is 29.6 Å². The highest BCUT2D eigenvalue weighted by molar-refractivity contribution is 6.77. The molecule has 0 bridgehead atoms. The zero-order chi connectivity index (χ0) is 38.3. The van der Waals surface area contributed by atoms with Crippen molar-refractivity contribution < 1.29 is 32.3 Å². The van der Waals surface area contributed by atoms with E-state index in [9.17, 15) is 9.59 Å². The molecule has 0 spiro atoms. The van der Waals surface area contributed by atoms with Crippen LogP contribution in [0, 0.1) is 29.6 Å². The molecule has 0 aromatic heterocycles. The molecular weight excluding hydrogens is 649 g/mol. The summed E-state index contributed by atoms with van der Waals surface area (Å²) in [6.45, 7) is 38.9. The molecule has 1 rings (SSSR count). The van der Waals surface area contributed by atoms with Crippen molar-refractivity contribution in [3.8, 4) is 0 Å². The lowest BCUT2D eigenvalue weighted by atomic mass is 9.79. The summed E-state index contributed by atoms with van der Waals surface area (Å²) in [5.74, 6) is 0.444. The fourth-order valence-corrected chi connectivity index (χ4v) is 20.5. The average Bonchev–Trinajstić information content (AvgIpc) is 2.98. The standard InChI is InChI=1S/C40H80O7Si2/c1-26(2)48(27(3)4,28(5)6)45-25-23-30(8)36(44-19)31(9)34(42)21-20-29(7)37-33(11)38(32(10)35(43-18)22-24-41)47-49(46-37,39(12,13)14)40(15,16)17/h24,26-33,35-38H,20-23,25H2,1-19H3/t29-,30+,31-,32-,33-,35+,36+,37-,38-/m0/s1. The molecule has 0 amide bonds. The Bertz CT molecular complexity index is 966. The second kappa shape index (κ2) is 19.1. The average molecular weight is 729 g/mol. The van der Waals surface area contributed by atoms with Gasteiger partial charge in [0.2, 0.25) is 0 Å². The predicted molar refractivity (Wildman–Crippen MR) is 209 cm³/mol. The topological polar surface area (TPSA) is 80.3 Å². The van der Waals surface area contributed by atoms with E-state index in [1.165, 1.54) is 0 Å². The highest BCUT2D eigenvalue weighted by atomic mass is 28.4. The second-order valence-corrected chi connectivity index (χ2v) is 28.7. The molecule has 1 fully saturated rings. The third kappa shape index (κ3) is 10.6. The summed E-state index contributed by atoms with van der Waals surface area (Å²) in [6.07, 6.45) is 2.77. The Hall–Kier alpha value is -0.426. The summed E-state index contributed by atoms with van der Waals surface area (Å²) in [5.41, 5.74) is 1.63. The van der Waals surface area contributed by atoms with Gasteiger partial charge in [-0.3, -0.25) is 4.79 Å². The molecule has 1 heterocycles. The number of carbonyl (C=O) groups excluding carboxylic acids is 2. The largest absolute Gasteiger partial charge is 0.416 e. The van der Waals surface area contributed by atoms with Crippen LogP contribution in [-0.4, -0.2) is 74.2 Å². The molecule has 0 N–H and O–H groups in total. The van der Waals surface area contributed by atoms with Gasteiger partial charge in [0.25, 0.3) is 0 Å². The molecule has 1 aliphatic rings. The molecule has 1 saturated heterocycles. The normalized spacial score (nSPS) is 24.5. The van der Waals surface area contributed by atoms with Crippen molar-refractivity contribution in [3.05, 3.63) is 0 Å². The van der Waals surface area contributed by atoms with Crippen LogP contribution in [0.4, 0.5) is 0 Å². The molecule has 0 radical (unpaired) electrons. The number of hydrogen-bond donors (Lipinski definition) is 0. The molecular formula is C40H80O7Si2. The number of rotatable bonds is 20. The smallest absolute Gasteiger partial charge is 0.349 e. The van der Waals surface area contributed by atoms with Gasteiger partial charge in [-0.15, -0.1) is 0 Å². The Morgan fingerprint density at radius 3 is 1.69 bits per heavy atom. The van der Waals surface area contributed by atoms with Gasteiger partial charge in [-0.2, -0.15) is 0 Å². The first-order valence-corrected chi connectivity index (χ1v) is 23.4. The highest BCUT2D eigenvalue weighted by Gasteiger charge is 2.64. The van der Waals surface area contributed by atoms with Gasteiger partial charge in [0.05, 0.1) is 24.4 Å². The first kappa shape index (κ1) is 46.6. The Balaban J connectivity index is 3.18. The van der Waals surface area contributed by atoms with E-state index < -0.39 is 16.9 Å². The number of hydrogen-bond acceptors (Lipinski definition) is 7. The van der Waals surface area contributed by atoms with Gasteiger partial charge in [-0.1, -0.05) is 118 Å². The summed E-state index contributed by atoms with van der Waals surface area (Å²) < 4.78 is 33.2. The number of ketones is 1. The van der Waals surface area contributed by atoms with Crippen LogP contribution >= 0.6 is 0 Å². The Morgan fingerprint density at radius 2 is 1.29 bits per heavy atom. The highest BCUT2D eigenvalue weighted by Crippen LogP contribution is 2.57. The molecule has 1 aliphatic heterocycles. The maximum Gasteiger partial charge on any atom is 0.349 e. The van der Waals surface area contributed by atoms with Crippen molar-refractivity contribution in [2.75, 3.05) is 20.8 Å². The third-order valence-electron chi connectivity index (χ3n) is 12.2. The molecule has 0 saturated carbocycles. The predicted octanol–water partition coefficient (Wildman–Crippen LogP) is 10.5. The monoisotopic (exact) mass is 729 g/mol. The van der Waals surface area contributed by atoms with Gasteiger partial charge < -0.3 is 27.5 Å². The summed E-state index contributed by atoms with van der Waals surface area (Å²) in [6, 6.07) is 0. The fourth-order valence-electron chi connectivity index (χ4n) is 9.66. The van der Waals surface area contributed by atoms with Crippen molar-refractivity contribution in [2.45, 2.75) is 195 Å². The molecule has 0 aliphatic carbocycles. The minimum atomic E-state index is -2.88. The van der Waals surface area contributed by atoms with Gasteiger partial charge in [0.1, 0.15) is 12.1 Å². The van der Waals surface area contributed by atoms with Gasteiger partial charge in [-0.05, 0) is 41.3 Å². The summed E-state index contributed by atoms with van der Waals surface area (Å²) in [4.78, 5) is 25.4. The van der Waals surface area contributed by atoms with Crippen molar-refractivity contribution >= 4 is 28.9 Å². The molecule has 49 heavy (non-hydrogen) atoms. The SMILES string of the molecule is CO[C@H]([C@H](C)CCO[Si](C(C)C)(C(C)C)C(C)C)[C@@H](C)C(=O)CC[C@H](C)[C@@H]1O[Si](C(C)(C)C)(C(C)(C)C)O[C@@H]([C@@H](C)[C@@H](CC=O)OC)[C@H]1C. The van der Waals surface area contributed by atoms with Crippen LogP contribution < -0.4 is 0 Å². The first-order valence-electron chi connectivity index (χ1n) is 19.4. The first-order chi connectivity index (χ1) is 22.4. The summed E-state index contributed by atoms with van der Waals surface area (Å²) in [5, 5.41) is -0.405. The fraction of sp³-hybridized carbons (Fsp3) is 0.950. The lowest BCUT2D eigenvalue weighted by Crippen LogP contribution is -2.68. The zero-order valence-corrected chi connectivity index (χ0v) is 37.4. The zero-order valence-electron chi connectivity index (χ0n) is 35.4. The van der Waals surface area contributed by atoms with Crippen LogP contribution in [0.3, 0.4) is 0 Å². The van der Waals surface area contributed by atoms with E-state index in [0.717, 1.165) is 19.1 Å². The van der Waals surface area contributed by atoms with Gasteiger partial charge >= 0.3 is 8.56 Å². The molecule has 9 atom stereocenters. The van der Waals surface area contributed by atoms with E-state index in [0.29, 0.717) is 36.1 Å². The summed E-state index contributed by atoms with van der Waals surface area (Å²) in [7, 11) is -1.41. The van der Waals surface area contributed by atoms with E-state index in [4.69, 9.17) is 22.8 Å². The van der Waals surface area contributed by atoms with Crippen LogP contribution in [0.2, 0.25) is 26.7 Å².